The van der Waals surface area contributed by atoms with Crippen molar-refractivity contribution in [2.45, 2.75) is 19.4 Å². The zero-order valence-corrected chi connectivity index (χ0v) is 14.7. The van der Waals surface area contributed by atoms with Crippen LogP contribution in [-0.4, -0.2) is 68.8 Å². The first-order valence-corrected chi connectivity index (χ1v) is 7.63. The Hall–Kier alpha value is -3.18. The molecule has 0 spiro atoms. The summed E-state index contributed by atoms with van der Waals surface area (Å²) in [6.45, 7) is 0.464. The van der Waals surface area contributed by atoms with Crippen molar-refractivity contribution in [3.05, 3.63) is 29.3 Å². The maximum Gasteiger partial charge on any atom is 0.336 e. The van der Waals surface area contributed by atoms with Gasteiger partial charge in [0.05, 0.1) is 18.5 Å². The van der Waals surface area contributed by atoms with Gasteiger partial charge in [-0.25, -0.2) is 4.79 Å². The molecular formula is C16H23N3O8. The smallest absolute Gasteiger partial charge is 0.336 e. The number of nitrogens with zero attached hydrogens (tertiary/aromatic N) is 1. The number of aromatic carboxylic acids is 1. The Morgan fingerprint density at radius 2 is 1.67 bits per heavy atom. The molecule has 1 aromatic rings. The van der Waals surface area contributed by atoms with Crippen molar-refractivity contribution in [1.29, 1.82) is 0 Å². The molecule has 0 saturated carbocycles. The lowest BCUT2D eigenvalue weighted by Crippen LogP contribution is -2.35. The fraction of sp³-hybridized carbons (Fsp3) is 0.375. The highest BCUT2D eigenvalue weighted by Crippen LogP contribution is 2.31. The zero-order valence-electron chi connectivity index (χ0n) is 14.7. The molecule has 0 aliphatic rings. The number of carbonyl (C=O) groups is 4. The molecule has 0 heterocycles. The first-order valence-electron chi connectivity index (χ1n) is 7.63. The van der Waals surface area contributed by atoms with E-state index >= 15 is 0 Å². The van der Waals surface area contributed by atoms with Gasteiger partial charge in [0.25, 0.3) is 0 Å². The quantitative estimate of drug-likeness (QED) is 0.317. The number of nitrogens with one attached hydrogen (secondary N) is 1. The Kier molecular flexibility index (Phi) is 9.47. The third-order valence-corrected chi connectivity index (χ3v) is 3.68. The van der Waals surface area contributed by atoms with Gasteiger partial charge in [-0.3, -0.25) is 19.3 Å². The van der Waals surface area contributed by atoms with Gasteiger partial charge < -0.3 is 31.9 Å². The van der Waals surface area contributed by atoms with Crippen LogP contribution in [0.1, 0.15) is 35.3 Å². The van der Waals surface area contributed by atoms with Crippen molar-refractivity contribution < 1.29 is 39.6 Å². The first kappa shape index (κ1) is 23.8. The second-order valence-corrected chi connectivity index (χ2v) is 5.50. The van der Waals surface area contributed by atoms with E-state index in [1.807, 2.05) is 0 Å². The molecule has 0 aliphatic carbocycles. The highest BCUT2D eigenvalue weighted by molar-refractivity contribution is 5.92. The van der Waals surface area contributed by atoms with Gasteiger partial charge in [0.15, 0.2) is 0 Å². The van der Waals surface area contributed by atoms with Gasteiger partial charge in [-0.2, -0.15) is 0 Å². The molecule has 1 aromatic carbocycles. The van der Waals surface area contributed by atoms with E-state index in [1.165, 1.54) is 23.1 Å². The standard InChI is InChI=1S/C16H20N2O8.H3N/c1-9(18(8-14(23)24)6-5-12(19)20)15-10(16(25)26)3-2-4-11(15)17-7-13(21)22;/h2-4,9,17H,5-8H2,1H3,(H,19,20)(H,21,22)(H,23,24)(H,25,26);1H3. The number of rotatable bonds is 11. The Balaban J connectivity index is 0.00000676. The summed E-state index contributed by atoms with van der Waals surface area (Å²) >= 11 is 0. The van der Waals surface area contributed by atoms with Crippen LogP contribution in [-0.2, 0) is 14.4 Å². The number of carboxylic acid groups (broad SMARTS) is 4. The van der Waals surface area contributed by atoms with Gasteiger partial charge in [-0.1, -0.05) is 6.07 Å². The molecule has 0 bridgehead atoms. The number of anilines is 1. The molecule has 27 heavy (non-hydrogen) atoms. The minimum atomic E-state index is -1.26. The molecule has 1 atom stereocenters. The first-order chi connectivity index (χ1) is 12.1. The summed E-state index contributed by atoms with van der Waals surface area (Å²) in [5, 5.41) is 38.8. The van der Waals surface area contributed by atoms with Crippen molar-refractivity contribution in [2.75, 3.05) is 25.0 Å². The second kappa shape index (κ2) is 10.7. The molecule has 1 rings (SSSR count). The molecule has 8 N–H and O–H groups in total. The van der Waals surface area contributed by atoms with E-state index < -0.39 is 43.0 Å². The predicted octanol–water partition coefficient (Wildman–Crippen LogP) is 0.966. The van der Waals surface area contributed by atoms with Crippen LogP contribution in [0.15, 0.2) is 18.2 Å². The number of benzene rings is 1. The van der Waals surface area contributed by atoms with Crippen LogP contribution < -0.4 is 11.5 Å². The van der Waals surface area contributed by atoms with Gasteiger partial charge in [0.2, 0.25) is 0 Å². The fourth-order valence-corrected chi connectivity index (χ4v) is 2.53. The number of carboxylic acids is 4. The van der Waals surface area contributed by atoms with Gasteiger partial charge >= 0.3 is 23.9 Å². The molecule has 11 nitrogen and oxygen atoms in total. The van der Waals surface area contributed by atoms with Crippen molar-refractivity contribution in [2.24, 2.45) is 0 Å². The third kappa shape index (κ3) is 7.30. The largest absolute Gasteiger partial charge is 0.481 e. The number of hydrogen-bond acceptors (Lipinski definition) is 7. The molecular weight excluding hydrogens is 362 g/mol. The topological polar surface area (TPSA) is 199 Å². The van der Waals surface area contributed by atoms with Crippen molar-refractivity contribution in [3.63, 3.8) is 0 Å². The van der Waals surface area contributed by atoms with Gasteiger partial charge in [0.1, 0.15) is 6.54 Å². The Bertz CT molecular complexity index is 707. The summed E-state index contributed by atoms with van der Waals surface area (Å²) in [6.07, 6.45) is -0.329. The maximum absolute atomic E-state index is 11.6. The SMILES string of the molecule is CC(c1c(NCC(=O)O)cccc1C(=O)O)N(CCC(=O)O)CC(=O)O.N. The second-order valence-electron chi connectivity index (χ2n) is 5.50. The maximum atomic E-state index is 11.6. The summed E-state index contributed by atoms with van der Waals surface area (Å²) in [7, 11) is 0. The average Bonchev–Trinajstić information content (AvgIpc) is 2.55. The van der Waals surface area contributed by atoms with Crippen LogP contribution in [0.2, 0.25) is 0 Å². The van der Waals surface area contributed by atoms with Crippen LogP contribution in [0.3, 0.4) is 0 Å². The normalized spacial score (nSPS) is 11.3. The lowest BCUT2D eigenvalue weighted by Gasteiger charge is -2.30. The average molecular weight is 385 g/mol. The monoisotopic (exact) mass is 385 g/mol. The van der Waals surface area contributed by atoms with E-state index in [4.69, 9.17) is 15.3 Å². The molecule has 11 heteroatoms. The summed E-state index contributed by atoms with van der Waals surface area (Å²) in [6, 6.07) is 3.45. The summed E-state index contributed by atoms with van der Waals surface area (Å²) in [4.78, 5) is 45.6. The Morgan fingerprint density at radius 3 is 2.15 bits per heavy atom. The fourth-order valence-electron chi connectivity index (χ4n) is 2.53. The molecule has 0 aliphatic heterocycles. The highest BCUT2D eigenvalue weighted by atomic mass is 16.4. The molecule has 0 radical (unpaired) electrons. The molecule has 0 amide bonds. The van der Waals surface area contributed by atoms with Crippen LogP contribution in [0.4, 0.5) is 5.69 Å². The van der Waals surface area contributed by atoms with E-state index in [-0.39, 0.29) is 35.9 Å². The van der Waals surface area contributed by atoms with E-state index in [0.29, 0.717) is 0 Å². The lowest BCUT2D eigenvalue weighted by atomic mass is 9.97. The molecule has 0 fully saturated rings. The van der Waals surface area contributed by atoms with Crippen molar-refractivity contribution >= 4 is 29.6 Å². The van der Waals surface area contributed by atoms with E-state index in [2.05, 4.69) is 5.32 Å². The summed E-state index contributed by atoms with van der Waals surface area (Å²) in [5.74, 6) is -4.74. The van der Waals surface area contributed by atoms with Crippen molar-refractivity contribution in [1.82, 2.24) is 11.1 Å². The van der Waals surface area contributed by atoms with Crippen LogP contribution in [0.5, 0.6) is 0 Å². The highest BCUT2D eigenvalue weighted by Gasteiger charge is 2.26. The van der Waals surface area contributed by atoms with Gasteiger partial charge in [-0.15, -0.1) is 0 Å². The van der Waals surface area contributed by atoms with E-state index in [9.17, 15) is 24.3 Å². The van der Waals surface area contributed by atoms with Crippen LogP contribution >= 0.6 is 0 Å². The van der Waals surface area contributed by atoms with Crippen LogP contribution in [0.25, 0.3) is 0 Å². The van der Waals surface area contributed by atoms with Gasteiger partial charge in [-0.05, 0) is 19.1 Å². The summed E-state index contributed by atoms with van der Waals surface area (Å²) in [5.41, 5.74) is 0.289. The number of hydrogen-bond donors (Lipinski definition) is 6. The molecule has 1 unspecified atom stereocenters. The van der Waals surface area contributed by atoms with Crippen molar-refractivity contribution in [3.8, 4) is 0 Å². The van der Waals surface area contributed by atoms with E-state index in [0.717, 1.165) is 0 Å². The third-order valence-electron chi connectivity index (χ3n) is 3.68. The summed E-state index contributed by atoms with van der Waals surface area (Å²) < 4.78 is 0. The molecule has 150 valence electrons. The minimum absolute atomic E-state index is 0. The molecule has 0 saturated heterocycles. The Labute approximate surface area is 154 Å². The van der Waals surface area contributed by atoms with Gasteiger partial charge in [0, 0.05) is 23.8 Å². The predicted molar refractivity (Wildman–Crippen MR) is 94.4 cm³/mol. The van der Waals surface area contributed by atoms with Crippen LogP contribution in [0, 0.1) is 0 Å². The Morgan fingerprint density at radius 1 is 1.04 bits per heavy atom. The lowest BCUT2D eigenvalue weighted by molar-refractivity contribution is -0.141. The van der Waals surface area contributed by atoms with E-state index in [1.54, 1.807) is 6.92 Å². The minimum Gasteiger partial charge on any atom is -0.481 e. The zero-order chi connectivity index (χ0) is 19.9. The number of aliphatic carboxylic acids is 3. The molecule has 0 aromatic heterocycles.